The number of nitro groups is 1. The van der Waals surface area contributed by atoms with Gasteiger partial charge in [0.25, 0.3) is 5.69 Å². The van der Waals surface area contributed by atoms with Crippen molar-refractivity contribution in [3.05, 3.63) is 74.3 Å². The van der Waals surface area contributed by atoms with Gasteiger partial charge in [0.05, 0.1) is 10.5 Å². The Balaban J connectivity index is 2.14. The molecule has 0 aliphatic heterocycles. The Morgan fingerprint density at radius 1 is 0.960 bits per heavy atom. The number of carbonyl (C=O) groups is 2. The van der Waals surface area contributed by atoms with Gasteiger partial charge in [0, 0.05) is 17.2 Å². The Bertz CT molecular complexity index is 857. The summed E-state index contributed by atoms with van der Waals surface area (Å²) in [6.07, 6.45) is -0.954. The molecule has 0 bridgehead atoms. The van der Waals surface area contributed by atoms with Crippen molar-refractivity contribution in [3.63, 3.8) is 0 Å². The average Bonchev–Trinajstić information content (AvgIpc) is 2.56. The van der Waals surface area contributed by atoms with Crippen LogP contribution in [0.25, 0.3) is 0 Å². The van der Waals surface area contributed by atoms with Gasteiger partial charge < -0.3 is 4.74 Å². The molecule has 0 saturated heterocycles. The summed E-state index contributed by atoms with van der Waals surface area (Å²) >= 11 is 0. The zero-order chi connectivity index (χ0) is 18.7. The predicted octanol–water partition coefficient (Wildman–Crippen LogP) is 3.95. The molecule has 6 heteroatoms. The van der Waals surface area contributed by atoms with Crippen molar-refractivity contribution < 1.29 is 19.2 Å². The largest absolute Gasteiger partial charge is 0.451 e. The van der Waals surface area contributed by atoms with E-state index < -0.39 is 17.0 Å². The normalized spacial score (nSPS) is 11.7. The highest BCUT2D eigenvalue weighted by atomic mass is 16.6. The number of hydrogen-bond donors (Lipinski definition) is 0. The third kappa shape index (κ3) is 4.09. The van der Waals surface area contributed by atoms with E-state index in [1.807, 2.05) is 19.9 Å². The minimum Gasteiger partial charge on any atom is -0.451 e. The van der Waals surface area contributed by atoms with Gasteiger partial charge in [0.1, 0.15) is 0 Å². The molecule has 0 amide bonds. The van der Waals surface area contributed by atoms with Crippen LogP contribution < -0.4 is 0 Å². The number of esters is 1. The molecule has 0 aliphatic rings. The summed E-state index contributed by atoms with van der Waals surface area (Å²) in [5.41, 5.74) is 2.98. The fourth-order valence-corrected chi connectivity index (χ4v) is 2.40. The molecule has 0 N–H and O–H groups in total. The van der Waals surface area contributed by atoms with Crippen molar-refractivity contribution in [1.29, 1.82) is 0 Å². The lowest BCUT2D eigenvalue weighted by Crippen LogP contribution is -2.24. The van der Waals surface area contributed by atoms with Crippen LogP contribution in [0.1, 0.15) is 44.3 Å². The van der Waals surface area contributed by atoms with E-state index in [1.54, 1.807) is 19.1 Å². The number of ether oxygens (including phenoxy) is 1. The number of Topliss-reactive ketones (excluding diaryl/α,β-unsaturated/α-hetero) is 1. The molecule has 0 saturated carbocycles. The molecule has 1 unspecified atom stereocenters. The van der Waals surface area contributed by atoms with Gasteiger partial charge in [-0.3, -0.25) is 14.9 Å². The van der Waals surface area contributed by atoms with Gasteiger partial charge in [-0.15, -0.1) is 0 Å². The predicted molar refractivity (Wildman–Crippen MR) is 93.0 cm³/mol. The molecule has 0 aromatic heterocycles. The number of nitrogens with zero attached hydrogens (tertiary/aromatic N) is 1. The molecule has 0 radical (unpaired) electrons. The Morgan fingerprint density at radius 2 is 1.56 bits per heavy atom. The summed E-state index contributed by atoms with van der Waals surface area (Å²) in [6.45, 7) is 6.90. The van der Waals surface area contributed by atoms with Crippen LogP contribution in [0.4, 0.5) is 5.69 Å². The highest BCUT2D eigenvalue weighted by Gasteiger charge is 2.22. The monoisotopic (exact) mass is 341 g/mol. The first-order chi connectivity index (χ1) is 11.7. The number of carbonyl (C=O) groups excluding carboxylic acids is 2. The second kappa shape index (κ2) is 7.25. The van der Waals surface area contributed by atoms with Crippen molar-refractivity contribution in [1.82, 2.24) is 0 Å². The molecule has 1 atom stereocenters. The summed E-state index contributed by atoms with van der Waals surface area (Å²) in [5.74, 6) is -0.988. The van der Waals surface area contributed by atoms with Gasteiger partial charge in [-0.05, 0) is 57.0 Å². The summed E-state index contributed by atoms with van der Waals surface area (Å²) in [7, 11) is 0. The van der Waals surface area contributed by atoms with E-state index >= 15 is 0 Å². The quantitative estimate of drug-likeness (QED) is 0.356. The van der Waals surface area contributed by atoms with Gasteiger partial charge in [-0.25, -0.2) is 4.79 Å². The molecule has 0 spiro atoms. The Hall–Kier alpha value is -3.02. The second-order valence-corrected chi connectivity index (χ2v) is 5.97. The number of benzene rings is 2. The molecular formula is C19H19NO5. The zero-order valence-electron chi connectivity index (χ0n) is 14.5. The maximum Gasteiger partial charge on any atom is 0.338 e. The number of ketones is 1. The van der Waals surface area contributed by atoms with E-state index in [-0.39, 0.29) is 17.0 Å². The van der Waals surface area contributed by atoms with Gasteiger partial charge in [0.2, 0.25) is 5.78 Å². The van der Waals surface area contributed by atoms with Crippen LogP contribution in [0.5, 0.6) is 0 Å². The molecule has 0 aliphatic carbocycles. The van der Waals surface area contributed by atoms with Gasteiger partial charge in [-0.2, -0.15) is 0 Å². The Kier molecular flexibility index (Phi) is 5.32. The first-order valence-electron chi connectivity index (χ1n) is 7.78. The molecule has 2 aromatic rings. The fraction of sp³-hybridized carbons (Fsp3) is 0.263. The smallest absolute Gasteiger partial charge is 0.338 e. The van der Waals surface area contributed by atoms with E-state index in [4.69, 9.17) is 4.74 Å². The third-order valence-corrected chi connectivity index (χ3v) is 4.07. The van der Waals surface area contributed by atoms with Crippen molar-refractivity contribution in [2.45, 2.75) is 33.8 Å². The minimum absolute atomic E-state index is 0.0733. The van der Waals surface area contributed by atoms with E-state index in [2.05, 4.69) is 0 Å². The van der Waals surface area contributed by atoms with Crippen LogP contribution in [-0.4, -0.2) is 22.8 Å². The molecule has 0 fully saturated rings. The number of hydrogen-bond acceptors (Lipinski definition) is 5. The van der Waals surface area contributed by atoms with E-state index in [0.29, 0.717) is 11.1 Å². The number of aryl methyl sites for hydroxylation is 3. The van der Waals surface area contributed by atoms with Crippen LogP contribution in [0, 0.1) is 30.9 Å². The maximum absolute atomic E-state index is 12.4. The molecule has 2 aromatic carbocycles. The first kappa shape index (κ1) is 18.3. The van der Waals surface area contributed by atoms with Crippen LogP contribution in [0.3, 0.4) is 0 Å². The van der Waals surface area contributed by atoms with Crippen LogP contribution in [0.2, 0.25) is 0 Å². The molecule has 6 nitrogen and oxygen atoms in total. The van der Waals surface area contributed by atoms with E-state index in [0.717, 1.165) is 11.1 Å². The Labute approximate surface area is 145 Å². The van der Waals surface area contributed by atoms with Gasteiger partial charge in [-0.1, -0.05) is 12.1 Å². The van der Waals surface area contributed by atoms with Crippen molar-refractivity contribution >= 4 is 17.4 Å². The molecule has 0 heterocycles. The Morgan fingerprint density at radius 3 is 2.12 bits per heavy atom. The van der Waals surface area contributed by atoms with E-state index in [9.17, 15) is 19.7 Å². The summed E-state index contributed by atoms with van der Waals surface area (Å²) in [6, 6.07) is 9.26. The van der Waals surface area contributed by atoms with Crippen molar-refractivity contribution in [2.24, 2.45) is 0 Å². The molecule has 25 heavy (non-hydrogen) atoms. The summed E-state index contributed by atoms with van der Waals surface area (Å²) in [4.78, 5) is 34.9. The topological polar surface area (TPSA) is 86.5 Å². The fourth-order valence-electron chi connectivity index (χ4n) is 2.40. The van der Waals surface area contributed by atoms with Gasteiger partial charge in [0.15, 0.2) is 6.10 Å². The highest BCUT2D eigenvalue weighted by molar-refractivity contribution is 6.01. The van der Waals surface area contributed by atoms with Crippen LogP contribution in [-0.2, 0) is 4.74 Å². The standard InChI is InChI=1S/C19H19NO5/c1-11-5-6-15(9-12(11)2)18(21)14(4)25-19(22)16-7-8-17(20(23)24)13(3)10-16/h5-10,14H,1-4H3. The lowest BCUT2D eigenvalue weighted by atomic mass is 10.0. The first-order valence-corrected chi connectivity index (χ1v) is 7.78. The van der Waals surface area contributed by atoms with Crippen LogP contribution in [0.15, 0.2) is 36.4 Å². The second-order valence-electron chi connectivity index (χ2n) is 5.97. The highest BCUT2D eigenvalue weighted by Crippen LogP contribution is 2.20. The summed E-state index contributed by atoms with van der Waals surface area (Å²) < 4.78 is 5.22. The number of nitro benzene ring substituents is 1. The third-order valence-electron chi connectivity index (χ3n) is 4.07. The van der Waals surface area contributed by atoms with Crippen LogP contribution >= 0.6 is 0 Å². The van der Waals surface area contributed by atoms with Gasteiger partial charge >= 0.3 is 5.97 Å². The molecular weight excluding hydrogens is 322 g/mol. The lowest BCUT2D eigenvalue weighted by Gasteiger charge is -2.13. The minimum atomic E-state index is -0.954. The average molecular weight is 341 g/mol. The molecule has 130 valence electrons. The molecule has 2 rings (SSSR count). The van der Waals surface area contributed by atoms with E-state index in [1.165, 1.54) is 25.1 Å². The summed E-state index contributed by atoms with van der Waals surface area (Å²) in [5, 5.41) is 10.8. The zero-order valence-corrected chi connectivity index (χ0v) is 14.5. The van der Waals surface area contributed by atoms with Crippen molar-refractivity contribution in [3.8, 4) is 0 Å². The van der Waals surface area contributed by atoms with Crippen molar-refractivity contribution in [2.75, 3.05) is 0 Å². The maximum atomic E-state index is 12.4. The SMILES string of the molecule is Cc1ccc(C(=O)C(C)OC(=O)c2ccc([N+](=O)[O-])c(C)c2)cc1C. The lowest BCUT2D eigenvalue weighted by molar-refractivity contribution is -0.385. The number of rotatable bonds is 5.